The average molecular weight is 315 g/mol. The smallest absolute Gasteiger partial charge is 0.417 e. The average Bonchev–Trinajstić information content (AvgIpc) is 2.45. The Balaban J connectivity index is 2.48. The lowest BCUT2D eigenvalue weighted by Gasteiger charge is -2.12. The van der Waals surface area contributed by atoms with Gasteiger partial charge in [0.1, 0.15) is 5.75 Å². The number of rotatable bonds is 3. The van der Waals surface area contributed by atoms with E-state index in [0.29, 0.717) is 5.75 Å². The molecule has 2 nitrogen and oxygen atoms in total. The van der Waals surface area contributed by atoms with Gasteiger partial charge < -0.3 is 4.74 Å². The van der Waals surface area contributed by atoms with E-state index in [9.17, 15) is 18.0 Å². The fourth-order valence-corrected chi connectivity index (χ4v) is 2.15. The first-order valence-electron chi connectivity index (χ1n) is 5.89. The second-order valence-corrected chi connectivity index (χ2v) is 4.63. The number of carbonyl (C=O) groups excluding carboxylic acids is 1. The summed E-state index contributed by atoms with van der Waals surface area (Å²) >= 11 is 5.89. The Hall–Kier alpha value is -2.01. The normalized spacial score (nSPS) is 11.3. The van der Waals surface area contributed by atoms with Crippen LogP contribution in [-0.2, 0) is 6.18 Å². The molecule has 2 aromatic carbocycles. The molecule has 0 saturated carbocycles. The summed E-state index contributed by atoms with van der Waals surface area (Å²) in [6.07, 6.45) is -4.59. The molecular weight excluding hydrogens is 305 g/mol. The van der Waals surface area contributed by atoms with E-state index in [4.69, 9.17) is 16.3 Å². The first-order valence-corrected chi connectivity index (χ1v) is 6.27. The molecule has 0 spiro atoms. The summed E-state index contributed by atoms with van der Waals surface area (Å²) in [6.45, 7) is 0. The van der Waals surface area contributed by atoms with E-state index in [2.05, 4.69) is 0 Å². The van der Waals surface area contributed by atoms with Crippen molar-refractivity contribution < 1.29 is 22.7 Å². The highest BCUT2D eigenvalue weighted by molar-refractivity contribution is 6.32. The Morgan fingerprint density at radius 1 is 1.14 bits per heavy atom. The topological polar surface area (TPSA) is 26.3 Å². The summed E-state index contributed by atoms with van der Waals surface area (Å²) < 4.78 is 43.7. The Labute approximate surface area is 124 Å². The highest BCUT2D eigenvalue weighted by Crippen LogP contribution is 2.33. The standard InChI is InChI=1S/C15H10ClF3O2/c1-21-13-7-6-9(8-12(13)16)14(20)10-4-2-3-5-11(10)15(17,18)19/h2-8H,1H3. The van der Waals surface area contributed by atoms with Crippen molar-refractivity contribution >= 4 is 17.4 Å². The molecule has 21 heavy (non-hydrogen) atoms. The summed E-state index contributed by atoms with van der Waals surface area (Å²) in [7, 11) is 1.40. The van der Waals surface area contributed by atoms with Gasteiger partial charge in [-0.1, -0.05) is 29.8 Å². The highest BCUT2D eigenvalue weighted by atomic mass is 35.5. The predicted molar refractivity (Wildman–Crippen MR) is 72.9 cm³/mol. The van der Waals surface area contributed by atoms with Crippen LogP contribution in [0, 0.1) is 0 Å². The number of ketones is 1. The van der Waals surface area contributed by atoms with E-state index in [-0.39, 0.29) is 10.6 Å². The molecule has 0 heterocycles. The molecule has 0 aliphatic carbocycles. The number of carbonyl (C=O) groups is 1. The minimum atomic E-state index is -4.59. The number of benzene rings is 2. The second-order valence-electron chi connectivity index (χ2n) is 4.22. The van der Waals surface area contributed by atoms with Crippen molar-refractivity contribution in [1.82, 2.24) is 0 Å². The lowest BCUT2D eigenvalue weighted by molar-refractivity contribution is -0.137. The van der Waals surface area contributed by atoms with Gasteiger partial charge in [-0.25, -0.2) is 0 Å². The van der Waals surface area contributed by atoms with Crippen LogP contribution in [0.25, 0.3) is 0 Å². The number of hydrogen-bond acceptors (Lipinski definition) is 2. The maximum Gasteiger partial charge on any atom is 0.417 e. The number of ether oxygens (including phenoxy) is 1. The minimum absolute atomic E-state index is 0.0671. The Kier molecular flexibility index (Phi) is 4.23. The van der Waals surface area contributed by atoms with Gasteiger partial charge in [-0.2, -0.15) is 13.2 Å². The van der Waals surface area contributed by atoms with Crippen molar-refractivity contribution in [3.8, 4) is 5.75 Å². The van der Waals surface area contributed by atoms with Gasteiger partial charge in [0.2, 0.25) is 0 Å². The summed E-state index contributed by atoms with van der Waals surface area (Å²) in [4.78, 5) is 12.3. The maximum absolute atomic E-state index is 12.9. The van der Waals surface area contributed by atoms with Gasteiger partial charge in [0.25, 0.3) is 0 Å². The van der Waals surface area contributed by atoms with E-state index in [1.807, 2.05) is 0 Å². The molecule has 0 aliphatic heterocycles. The molecule has 6 heteroatoms. The molecule has 0 radical (unpaired) electrons. The van der Waals surface area contributed by atoms with Gasteiger partial charge in [0.15, 0.2) is 5.78 Å². The quantitative estimate of drug-likeness (QED) is 0.774. The first-order chi connectivity index (χ1) is 9.84. The lowest BCUT2D eigenvalue weighted by atomic mass is 9.98. The van der Waals surface area contributed by atoms with Gasteiger partial charge in [-0.05, 0) is 24.3 Å². The molecular formula is C15H10ClF3O2. The van der Waals surface area contributed by atoms with E-state index in [1.165, 1.54) is 37.4 Å². The summed E-state index contributed by atoms with van der Waals surface area (Å²) in [6, 6.07) is 8.73. The van der Waals surface area contributed by atoms with Crippen LogP contribution < -0.4 is 4.74 Å². The van der Waals surface area contributed by atoms with E-state index in [0.717, 1.165) is 12.1 Å². The van der Waals surface area contributed by atoms with Gasteiger partial charge in [0.05, 0.1) is 17.7 Å². The highest BCUT2D eigenvalue weighted by Gasteiger charge is 2.35. The van der Waals surface area contributed by atoms with Crippen LogP contribution in [0.2, 0.25) is 5.02 Å². The third-order valence-corrected chi connectivity index (χ3v) is 3.19. The van der Waals surface area contributed by atoms with Crippen molar-refractivity contribution in [3.05, 3.63) is 64.2 Å². The monoisotopic (exact) mass is 314 g/mol. The Bertz CT molecular complexity index is 681. The second kappa shape index (κ2) is 5.77. The number of methoxy groups -OCH3 is 1. The van der Waals surface area contributed by atoms with Crippen LogP contribution in [0.15, 0.2) is 42.5 Å². The van der Waals surface area contributed by atoms with Gasteiger partial charge in [-0.15, -0.1) is 0 Å². The van der Waals surface area contributed by atoms with Crippen LogP contribution >= 0.6 is 11.6 Å². The molecule has 0 bridgehead atoms. The molecule has 0 aromatic heterocycles. The zero-order valence-electron chi connectivity index (χ0n) is 10.9. The summed E-state index contributed by atoms with van der Waals surface area (Å²) in [5, 5.41) is 0.160. The van der Waals surface area contributed by atoms with Crippen LogP contribution in [-0.4, -0.2) is 12.9 Å². The van der Waals surface area contributed by atoms with E-state index in [1.54, 1.807) is 0 Å². The van der Waals surface area contributed by atoms with Gasteiger partial charge in [0, 0.05) is 11.1 Å². The SMILES string of the molecule is COc1ccc(C(=O)c2ccccc2C(F)(F)F)cc1Cl. The Morgan fingerprint density at radius 3 is 2.38 bits per heavy atom. The van der Waals surface area contributed by atoms with E-state index < -0.39 is 23.1 Å². The van der Waals surface area contributed by atoms with Crippen molar-refractivity contribution in [2.24, 2.45) is 0 Å². The third kappa shape index (κ3) is 3.19. The molecule has 2 aromatic rings. The molecule has 2 rings (SSSR count). The van der Waals surface area contributed by atoms with Crippen molar-refractivity contribution in [2.75, 3.05) is 7.11 Å². The molecule has 0 fully saturated rings. The Morgan fingerprint density at radius 2 is 1.81 bits per heavy atom. The lowest BCUT2D eigenvalue weighted by Crippen LogP contribution is -2.13. The molecule has 0 atom stereocenters. The van der Waals surface area contributed by atoms with Crippen LogP contribution in [0.5, 0.6) is 5.75 Å². The molecule has 0 unspecified atom stereocenters. The minimum Gasteiger partial charge on any atom is -0.495 e. The van der Waals surface area contributed by atoms with Crippen molar-refractivity contribution in [2.45, 2.75) is 6.18 Å². The van der Waals surface area contributed by atoms with E-state index >= 15 is 0 Å². The largest absolute Gasteiger partial charge is 0.495 e. The zero-order chi connectivity index (χ0) is 15.6. The molecule has 0 N–H and O–H groups in total. The maximum atomic E-state index is 12.9. The van der Waals surface area contributed by atoms with Crippen LogP contribution in [0.4, 0.5) is 13.2 Å². The number of halogens is 4. The molecule has 0 aliphatic rings. The first kappa shape index (κ1) is 15.4. The summed E-state index contributed by atoms with van der Waals surface area (Å²) in [5.74, 6) is -0.398. The molecule has 110 valence electrons. The zero-order valence-corrected chi connectivity index (χ0v) is 11.6. The molecule has 0 saturated heterocycles. The third-order valence-electron chi connectivity index (χ3n) is 2.89. The predicted octanol–water partition coefficient (Wildman–Crippen LogP) is 4.60. The van der Waals surface area contributed by atoms with Crippen molar-refractivity contribution in [3.63, 3.8) is 0 Å². The fraction of sp³-hybridized carbons (Fsp3) is 0.133. The molecule has 0 amide bonds. The number of hydrogen-bond donors (Lipinski definition) is 0. The van der Waals surface area contributed by atoms with Crippen LogP contribution in [0.1, 0.15) is 21.5 Å². The van der Waals surface area contributed by atoms with Gasteiger partial charge >= 0.3 is 6.18 Å². The van der Waals surface area contributed by atoms with Crippen molar-refractivity contribution in [1.29, 1.82) is 0 Å². The fourth-order valence-electron chi connectivity index (χ4n) is 1.89. The van der Waals surface area contributed by atoms with Crippen LogP contribution in [0.3, 0.4) is 0 Å². The van der Waals surface area contributed by atoms with Gasteiger partial charge in [-0.3, -0.25) is 4.79 Å². The summed E-state index contributed by atoms with van der Waals surface area (Å²) in [5.41, 5.74) is -1.31. The number of alkyl halides is 3.